The van der Waals surface area contributed by atoms with E-state index in [0.717, 1.165) is 194 Å². The number of fused-ring (bicyclic) bond motifs is 2. The number of aryl methyl sites for hydroxylation is 1. The second kappa shape index (κ2) is 44.6. The monoisotopic (exact) mass is 1660 g/mol. The third kappa shape index (κ3) is 27.1. The molecule has 1 aromatic heterocycles. The van der Waals surface area contributed by atoms with Gasteiger partial charge in [0.15, 0.2) is 57.8 Å². The molecule has 5 heterocycles. The first-order chi connectivity index (χ1) is 55.7. The molecule has 3 N–H and O–H groups in total. The maximum absolute atomic E-state index is 15.0. The number of aromatic carboxylic acids is 1. The normalized spacial score (nSPS) is 16.5. The quantitative estimate of drug-likeness (QED) is 0.0125. The van der Waals surface area contributed by atoms with Crippen LogP contribution in [0, 0.1) is 29.1 Å². The lowest BCUT2D eigenvalue weighted by Gasteiger charge is -2.34. The Labute approximate surface area is 677 Å². The van der Waals surface area contributed by atoms with Gasteiger partial charge in [-0.3, -0.25) is 24.2 Å². The third-order valence-electron chi connectivity index (χ3n) is 20.3. The summed E-state index contributed by atoms with van der Waals surface area (Å²) in [5.74, 6) is -5.10. The lowest BCUT2D eigenvalue weighted by atomic mass is 10.1. The number of rotatable bonds is 30. The van der Waals surface area contributed by atoms with Gasteiger partial charge in [0, 0.05) is 140 Å². The van der Waals surface area contributed by atoms with Crippen molar-refractivity contribution in [3.63, 3.8) is 0 Å². The van der Waals surface area contributed by atoms with E-state index in [9.17, 15) is 45.9 Å². The van der Waals surface area contributed by atoms with Crippen molar-refractivity contribution in [3.05, 3.63) is 184 Å². The number of aromatic nitrogens is 2. The first kappa shape index (κ1) is 87.9. The minimum absolute atomic E-state index is 0.0663. The van der Waals surface area contributed by atoms with Crippen molar-refractivity contribution in [2.75, 3.05) is 160 Å². The Bertz CT molecular complexity index is 4320. The van der Waals surface area contributed by atoms with E-state index < -0.39 is 58.7 Å². The Morgan fingerprint density at radius 1 is 0.470 bits per heavy atom. The lowest BCUT2D eigenvalue weighted by molar-refractivity contribution is 0.0516. The van der Waals surface area contributed by atoms with Crippen LogP contribution in [0.25, 0.3) is 0 Å². The molecule has 115 heavy (non-hydrogen) atoms. The van der Waals surface area contributed by atoms with Crippen molar-refractivity contribution in [2.45, 2.75) is 110 Å². The van der Waals surface area contributed by atoms with Crippen LogP contribution in [-0.2, 0) is 27.8 Å². The smallest absolute Gasteiger partial charge is 0.338 e. The minimum atomic E-state index is -1.14. The molecule has 3 saturated heterocycles. The van der Waals surface area contributed by atoms with Crippen LogP contribution in [0.3, 0.4) is 0 Å². The number of carboxylic acid groups (broad SMARTS) is 1. The molecule has 6 aromatic carbocycles. The number of piperazine rings is 3. The molecule has 0 spiro atoms. The second-order valence-corrected chi connectivity index (χ2v) is 29.5. The van der Waals surface area contributed by atoms with E-state index in [1.54, 1.807) is 48.7 Å². The Morgan fingerprint density at radius 2 is 0.826 bits per heavy atom. The molecule has 622 valence electrons. The third-order valence-corrected chi connectivity index (χ3v) is 20.9. The summed E-state index contributed by atoms with van der Waals surface area (Å²) in [7, 11) is 1.86. The number of halogens is 6. The van der Waals surface area contributed by atoms with Crippen molar-refractivity contribution < 1.29 is 89.3 Å². The number of carbonyl (C=O) groups excluding carboxylic acids is 4. The Balaban J connectivity index is 0.000000159. The van der Waals surface area contributed by atoms with Gasteiger partial charge in [-0.1, -0.05) is 28.1 Å². The van der Waals surface area contributed by atoms with Gasteiger partial charge in [0.2, 0.25) is 0 Å². The number of phenols is 1. The molecule has 30 heteroatoms. The van der Waals surface area contributed by atoms with Crippen molar-refractivity contribution in [1.29, 1.82) is 0 Å². The van der Waals surface area contributed by atoms with Crippen LogP contribution < -0.4 is 29.2 Å². The van der Waals surface area contributed by atoms with Gasteiger partial charge >= 0.3 is 23.9 Å². The number of amides is 1. The molecule has 4 aliphatic heterocycles. The number of aromatic hydroxyl groups is 1. The average molecular weight is 1670 g/mol. The van der Waals surface area contributed by atoms with Crippen LogP contribution in [0.15, 0.2) is 121 Å². The van der Waals surface area contributed by atoms with Crippen LogP contribution >= 0.6 is 15.9 Å². The molecule has 0 bridgehead atoms. The predicted octanol–water partition coefficient (Wildman–Crippen LogP) is 13.5. The zero-order valence-electron chi connectivity index (χ0n) is 65.9. The Hall–Kier alpha value is -9.43. The molecular formula is C85H106BrF5N10O14. The number of benzene rings is 6. The number of ether oxygens (including phenoxy) is 7. The molecule has 6 fully saturated rings. The summed E-state index contributed by atoms with van der Waals surface area (Å²) >= 11 is 3.25. The Kier molecular flexibility index (Phi) is 34.1. The SMILES string of the molecule is CCOC(=O)c1ccc(O)c(F)c1.CCOC(=O)c1ccc(OCCCBr)c(F)c1.CCOC(=O)c1ccc(OCCCN2CCN(C3CC3)CC2)c(F)c1.Cn1ncc2c1Nc1ccccc1N(C(=O)c1ccc(OCCCN3CCN(C4CC4)CC3)c(F)c1)C2.O=C(O)c1ccc(OCCCN2CCN(C3CC3)CC2)c(F)c1. The summed E-state index contributed by atoms with van der Waals surface area (Å²) in [6, 6.07) is 30.0. The maximum Gasteiger partial charge on any atom is 0.338 e. The van der Waals surface area contributed by atoms with Crippen LogP contribution in [0.2, 0.25) is 0 Å². The predicted molar refractivity (Wildman–Crippen MR) is 429 cm³/mol. The molecule has 0 atom stereocenters. The number of para-hydroxylation sites is 2. The standard InChI is InChI=1S/C28H33FN6O2.C19H27FN2O3.C17H23FN2O3.C12H14BrFO3.C9H9FO3/c1-32-27-21(18-30-32)19-35(25-6-3-2-5-24(25)31-27)28(36)20-7-10-26(23(29)17-20)37-16-4-11-33-12-14-34(15-13-33)22-8-9-22;1-2-24-19(23)15-4-7-18(17(20)14-15)25-13-3-8-21-9-11-22(12-10-21)16-5-6-16;18-15-12-13(17(21)22)2-5-16(15)23-11-1-6-19-7-9-20(10-8-19)14-3-4-14;1-2-16-12(15)9-4-5-11(10(14)8-9)17-7-3-6-13;1-2-13-9(12)6-3-4-8(11)7(10)5-6/h2-3,5-7,10,17-18,22,31H,4,8-9,11-16,19H2,1H3;4,7,14,16H,2-3,5-6,8-13H2,1H3;2,5,12,14H,1,3-4,6-11H2,(H,21,22);4-5,8H,2-3,6-7H2,1H3;3-5,11H,2H2,1H3. The highest BCUT2D eigenvalue weighted by Crippen LogP contribution is 2.37. The number of hydrogen-bond donors (Lipinski definition) is 3. The van der Waals surface area contributed by atoms with Gasteiger partial charge in [0.25, 0.3) is 5.91 Å². The van der Waals surface area contributed by atoms with Gasteiger partial charge in [-0.05, 0) is 188 Å². The van der Waals surface area contributed by atoms with Gasteiger partial charge < -0.3 is 68.3 Å². The van der Waals surface area contributed by atoms with E-state index in [2.05, 4.69) is 60.5 Å². The number of phenolic OH excluding ortho intramolecular Hbond substituents is 1. The molecule has 0 radical (unpaired) electrons. The molecule has 7 aliphatic rings. The van der Waals surface area contributed by atoms with E-state index in [1.165, 1.54) is 93.1 Å². The van der Waals surface area contributed by atoms with E-state index >= 15 is 0 Å². The van der Waals surface area contributed by atoms with Gasteiger partial charge in [0.1, 0.15) is 5.82 Å². The zero-order chi connectivity index (χ0) is 81.8. The first-order valence-corrected chi connectivity index (χ1v) is 40.9. The van der Waals surface area contributed by atoms with Crippen molar-refractivity contribution in [3.8, 4) is 28.7 Å². The number of nitrogens with one attached hydrogen (secondary N) is 1. The van der Waals surface area contributed by atoms with E-state index in [1.807, 2.05) is 31.3 Å². The van der Waals surface area contributed by atoms with Crippen LogP contribution in [0.4, 0.5) is 39.1 Å². The number of alkyl halides is 1. The van der Waals surface area contributed by atoms with Crippen molar-refractivity contribution >= 4 is 62.9 Å². The minimum Gasteiger partial charge on any atom is -0.505 e. The average Bonchev–Trinajstić information content (AvgIpc) is 1.61. The van der Waals surface area contributed by atoms with Crippen LogP contribution in [-0.4, -0.2) is 247 Å². The molecule has 1 amide bonds. The fourth-order valence-corrected chi connectivity index (χ4v) is 13.8. The van der Waals surface area contributed by atoms with Crippen LogP contribution in [0.1, 0.15) is 142 Å². The van der Waals surface area contributed by atoms with Gasteiger partial charge in [0.05, 0.1) is 92.6 Å². The molecule has 24 nitrogen and oxygen atoms in total. The molecule has 7 aromatic rings. The number of carboxylic acids is 1. The van der Waals surface area contributed by atoms with Gasteiger partial charge in [-0.25, -0.2) is 41.1 Å². The lowest BCUT2D eigenvalue weighted by Crippen LogP contribution is -2.47. The van der Waals surface area contributed by atoms with E-state index in [4.69, 9.17) is 38.6 Å². The number of carbonyl (C=O) groups is 5. The zero-order valence-corrected chi connectivity index (χ0v) is 67.5. The summed E-state index contributed by atoms with van der Waals surface area (Å²) in [4.78, 5) is 75.0. The number of esters is 3. The summed E-state index contributed by atoms with van der Waals surface area (Å²) in [6.07, 6.45) is 13.3. The Morgan fingerprint density at radius 3 is 1.20 bits per heavy atom. The van der Waals surface area contributed by atoms with E-state index in [-0.39, 0.29) is 76.5 Å². The number of anilines is 3. The summed E-state index contributed by atoms with van der Waals surface area (Å²) in [6.45, 7) is 24.4. The molecule has 0 unspecified atom stereocenters. The topological polar surface area (TPSA) is 243 Å². The van der Waals surface area contributed by atoms with Crippen molar-refractivity contribution in [1.82, 2.24) is 39.2 Å². The highest BCUT2D eigenvalue weighted by molar-refractivity contribution is 9.09. The van der Waals surface area contributed by atoms with Crippen molar-refractivity contribution in [2.24, 2.45) is 7.05 Å². The van der Waals surface area contributed by atoms with Gasteiger partial charge in [-0.2, -0.15) is 5.10 Å². The second-order valence-electron chi connectivity index (χ2n) is 28.7. The number of nitrogens with zero attached hydrogens (tertiary/aromatic N) is 9. The summed E-state index contributed by atoms with van der Waals surface area (Å²) in [5, 5.41) is 26.1. The molecule has 3 aliphatic carbocycles. The maximum atomic E-state index is 15.0. The highest BCUT2D eigenvalue weighted by Gasteiger charge is 2.34. The summed E-state index contributed by atoms with van der Waals surface area (Å²) in [5.41, 5.74) is 3.13. The van der Waals surface area contributed by atoms with Gasteiger partial charge in [-0.15, -0.1) is 0 Å². The fraction of sp³-hybridized carbons (Fsp3) is 0.482. The number of hydrogen-bond acceptors (Lipinski definition) is 21. The first-order valence-electron chi connectivity index (χ1n) is 39.8. The fourth-order valence-electron chi connectivity index (χ4n) is 13.6. The largest absolute Gasteiger partial charge is 0.505 e. The molecule has 3 saturated carbocycles. The highest BCUT2D eigenvalue weighted by atomic mass is 79.9. The summed E-state index contributed by atoms with van der Waals surface area (Å²) < 4.78 is 107. The molecule has 14 rings (SSSR count). The molecular weight excluding hydrogens is 1560 g/mol. The van der Waals surface area contributed by atoms with E-state index in [0.29, 0.717) is 33.0 Å². The van der Waals surface area contributed by atoms with Crippen LogP contribution in [0.5, 0.6) is 28.7 Å².